The van der Waals surface area contributed by atoms with Crippen molar-refractivity contribution in [3.63, 3.8) is 0 Å². The summed E-state index contributed by atoms with van der Waals surface area (Å²) < 4.78 is 0. The van der Waals surface area contributed by atoms with Crippen molar-refractivity contribution >= 4 is 23.6 Å². The molecule has 0 bridgehead atoms. The van der Waals surface area contributed by atoms with Crippen molar-refractivity contribution in [3.8, 4) is 0 Å². The number of thioether (sulfide) groups is 1. The number of hydrogen-bond donors (Lipinski definition) is 1. The smallest absolute Gasteiger partial charge is 0.327 e. The highest BCUT2D eigenvalue weighted by Crippen LogP contribution is 2.33. The summed E-state index contributed by atoms with van der Waals surface area (Å²) in [4.78, 5) is 25.1. The van der Waals surface area contributed by atoms with E-state index in [1.807, 2.05) is 19.9 Å². The lowest BCUT2D eigenvalue weighted by atomic mass is 10.1. The van der Waals surface area contributed by atoms with Crippen LogP contribution in [-0.4, -0.2) is 39.1 Å². The molecule has 1 fully saturated rings. The second-order valence-corrected chi connectivity index (χ2v) is 5.65. The summed E-state index contributed by atoms with van der Waals surface area (Å²) >= 11 is 1.57. The van der Waals surface area contributed by atoms with Crippen molar-refractivity contribution in [2.45, 2.75) is 51.4 Å². The number of aliphatic carboxylic acids is 1. The van der Waals surface area contributed by atoms with Crippen molar-refractivity contribution in [2.24, 2.45) is 0 Å². The molecule has 0 aromatic heterocycles. The summed E-state index contributed by atoms with van der Waals surface area (Å²) in [5.74, 6) is -0.544. The highest BCUT2D eigenvalue weighted by atomic mass is 32.2. The molecule has 1 aliphatic rings. The van der Waals surface area contributed by atoms with Crippen molar-refractivity contribution < 1.29 is 14.7 Å². The van der Waals surface area contributed by atoms with Gasteiger partial charge in [0.05, 0.1) is 5.37 Å². The zero-order valence-corrected chi connectivity index (χ0v) is 12.0. The molecule has 2 atom stereocenters. The Morgan fingerprint density at radius 2 is 2.11 bits per heavy atom. The van der Waals surface area contributed by atoms with Gasteiger partial charge in [-0.15, -0.1) is 11.8 Å². The molecule has 2 unspecified atom stereocenters. The van der Waals surface area contributed by atoms with Crippen LogP contribution in [0.2, 0.25) is 0 Å². The molecule has 1 amide bonds. The van der Waals surface area contributed by atoms with Gasteiger partial charge < -0.3 is 10.0 Å². The molecule has 1 saturated heterocycles. The van der Waals surface area contributed by atoms with Crippen molar-refractivity contribution in [1.82, 2.24) is 4.90 Å². The zero-order valence-electron chi connectivity index (χ0n) is 11.2. The molecular formula is C13H21NO3S. The van der Waals surface area contributed by atoms with E-state index in [0.717, 1.165) is 19.3 Å². The van der Waals surface area contributed by atoms with Crippen LogP contribution in [0.5, 0.6) is 0 Å². The molecule has 0 aromatic rings. The van der Waals surface area contributed by atoms with E-state index in [1.54, 1.807) is 23.6 Å². The number of hydrogen-bond acceptors (Lipinski definition) is 3. The summed E-state index contributed by atoms with van der Waals surface area (Å²) in [6.45, 7) is 5.77. The number of allylic oxidation sites excluding steroid dienone is 1. The van der Waals surface area contributed by atoms with E-state index in [2.05, 4.69) is 0 Å². The molecular weight excluding hydrogens is 250 g/mol. The first kappa shape index (κ1) is 15.1. The van der Waals surface area contributed by atoms with E-state index in [-0.39, 0.29) is 11.3 Å². The third-order valence-corrected chi connectivity index (χ3v) is 4.35. The third kappa shape index (κ3) is 3.28. The Morgan fingerprint density at radius 1 is 1.44 bits per heavy atom. The number of carboxylic acids is 1. The quantitative estimate of drug-likeness (QED) is 0.781. The molecule has 5 heteroatoms. The maximum Gasteiger partial charge on any atom is 0.327 e. The third-order valence-electron chi connectivity index (χ3n) is 3.00. The minimum absolute atomic E-state index is 0.00352. The first-order valence-electron chi connectivity index (χ1n) is 6.36. The van der Waals surface area contributed by atoms with E-state index >= 15 is 0 Å². The Labute approximate surface area is 112 Å². The van der Waals surface area contributed by atoms with Gasteiger partial charge in [-0.3, -0.25) is 4.79 Å². The maximum atomic E-state index is 12.3. The van der Waals surface area contributed by atoms with Gasteiger partial charge in [0.1, 0.15) is 6.04 Å². The fraction of sp³-hybridized carbons (Fsp3) is 0.692. The molecule has 1 N–H and O–H groups in total. The number of amides is 1. The maximum absolute atomic E-state index is 12.3. The molecule has 0 saturated carbocycles. The summed E-state index contributed by atoms with van der Waals surface area (Å²) in [6.07, 6.45) is 4.44. The van der Waals surface area contributed by atoms with E-state index in [0.29, 0.717) is 11.3 Å². The Hall–Kier alpha value is -0.970. The molecule has 18 heavy (non-hydrogen) atoms. The SMILES string of the molecule is CCC=C(C)C(=O)N1C(CCC)SCC1C(=O)O. The molecule has 0 aliphatic carbocycles. The number of rotatable bonds is 5. The van der Waals surface area contributed by atoms with Crippen LogP contribution in [0.3, 0.4) is 0 Å². The Bertz CT molecular complexity index is 354. The van der Waals surface area contributed by atoms with Crippen molar-refractivity contribution in [2.75, 3.05) is 5.75 Å². The monoisotopic (exact) mass is 271 g/mol. The first-order valence-corrected chi connectivity index (χ1v) is 7.41. The lowest BCUT2D eigenvalue weighted by Gasteiger charge is -2.27. The summed E-state index contributed by atoms with van der Waals surface area (Å²) in [5.41, 5.74) is 0.646. The summed E-state index contributed by atoms with van der Waals surface area (Å²) in [5, 5.41) is 9.21. The second-order valence-electron chi connectivity index (χ2n) is 4.44. The van der Waals surface area contributed by atoms with Crippen LogP contribution in [0.15, 0.2) is 11.6 Å². The van der Waals surface area contributed by atoms with Gasteiger partial charge in [0.2, 0.25) is 0 Å². The highest BCUT2D eigenvalue weighted by Gasteiger charge is 2.41. The van der Waals surface area contributed by atoms with E-state index in [4.69, 9.17) is 0 Å². The highest BCUT2D eigenvalue weighted by molar-refractivity contribution is 8.00. The van der Waals surface area contributed by atoms with Crippen molar-refractivity contribution in [3.05, 3.63) is 11.6 Å². The minimum Gasteiger partial charge on any atom is -0.480 e. The Morgan fingerprint density at radius 3 is 2.61 bits per heavy atom. The lowest BCUT2D eigenvalue weighted by molar-refractivity contribution is -0.147. The van der Waals surface area contributed by atoms with Gasteiger partial charge in [0.25, 0.3) is 5.91 Å². The van der Waals surface area contributed by atoms with E-state index in [1.165, 1.54) is 0 Å². The molecule has 0 aromatic carbocycles. The van der Waals surface area contributed by atoms with Gasteiger partial charge in [-0.25, -0.2) is 4.79 Å². The number of carbonyl (C=O) groups excluding carboxylic acids is 1. The van der Waals surface area contributed by atoms with Crippen LogP contribution in [0.1, 0.15) is 40.0 Å². The van der Waals surface area contributed by atoms with Gasteiger partial charge in [0.15, 0.2) is 0 Å². The van der Waals surface area contributed by atoms with Gasteiger partial charge in [-0.05, 0) is 19.8 Å². The van der Waals surface area contributed by atoms with Crippen LogP contribution >= 0.6 is 11.8 Å². The van der Waals surface area contributed by atoms with Crippen LogP contribution in [0, 0.1) is 0 Å². The molecule has 0 radical (unpaired) electrons. The topological polar surface area (TPSA) is 57.6 Å². The largest absolute Gasteiger partial charge is 0.480 e. The number of carbonyl (C=O) groups is 2. The zero-order chi connectivity index (χ0) is 13.7. The second kappa shape index (κ2) is 6.83. The molecule has 1 rings (SSSR count). The summed E-state index contributed by atoms with van der Waals surface area (Å²) in [6, 6.07) is -0.681. The van der Waals surface area contributed by atoms with Gasteiger partial charge >= 0.3 is 5.97 Å². The van der Waals surface area contributed by atoms with Gasteiger partial charge in [0, 0.05) is 11.3 Å². The average Bonchev–Trinajstić information content (AvgIpc) is 2.72. The molecule has 1 heterocycles. The molecule has 1 aliphatic heterocycles. The lowest BCUT2D eigenvalue weighted by Crippen LogP contribution is -2.45. The van der Waals surface area contributed by atoms with Gasteiger partial charge in [-0.1, -0.05) is 26.3 Å². The minimum atomic E-state index is -0.904. The number of carboxylic acid groups (broad SMARTS) is 1. The van der Waals surface area contributed by atoms with Crippen LogP contribution in [0.4, 0.5) is 0 Å². The number of nitrogens with zero attached hydrogens (tertiary/aromatic N) is 1. The van der Waals surface area contributed by atoms with E-state index in [9.17, 15) is 14.7 Å². The Balaban J connectivity index is 2.92. The fourth-order valence-corrected chi connectivity index (χ4v) is 3.61. The normalized spacial score (nSPS) is 24.4. The average molecular weight is 271 g/mol. The molecule has 0 spiro atoms. The van der Waals surface area contributed by atoms with Crippen LogP contribution in [-0.2, 0) is 9.59 Å². The fourth-order valence-electron chi connectivity index (χ4n) is 2.09. The predicted molar refractivity (Wildman–Crippen MR) is 73.5 cm³/mol. The van der Waals surface area contributed by atoms with E-state index < -0.39 is 12.0 Å². The first-order chi connectivity index (χ1) is 8.52. The predicted octanol–water partition coefficient (Wildman–Crippen LogP) is 2.50. The summed E-state index contributed by atoms with van der Waals surface area (Å²) in [7, 11) is 0. The van der Waals surface area contributed by atoms with Crippen LogP contribution < -0.4 is 0 Å². The van der Waals surface area contributed by atoms with Crippen molar-refractivity contribution in [1.29, 1.82) is 0 Å². The molecule has 102 valence electrons. The molecule has 4 nitrogen and oxygen atoms in total. The van der Waals surface area contributed by atoms with Crippen LogP contribution in [0.25, 0.3) is 0 Å². The van der Waals surface area contributed by atoms with Gasteiger partial charge in [-0.2, -0.15) is 0 Å². The Kier molecular flexibility index (Phi) is 5.72. The standard InChI is InChI=1S/C13H21NO3S/c1-4-6-9(3)12(15)14-10(13(16)17)8-18-11(14)7-5-2/h6,10-11H,4-5,7-8H2,1-3H3,(H,16,17).